The molecule has 2 aromatic carbocycles. The van der Waals surface area contributed by atoms with Crippen molar-refractivity contribution < 1.29 is 9.52 Å². The summed E-state index contributed by atoms with van der Waals surface area (Å²) in [5.74, 6) is -0.352. The highest BCUT2D eigenvalue weighted by Crippen LogP contribution is 2.33. The number of anilines is 2. The molecule has 6 nitrogen and oxygen atoms in total. The van der Waals surface area contributed by atoms with Gasteiger partial charge in [0.1, 0.15) is 11.1 Å². The minimum atomic E-state index is -0.659. The van der Waals surface area contributed by atoms with E-state index in [0.29, 0.717) is 12.8 Å². The first-order valence-electron chi connectivity index (χ1n) is 9.99. The standard InChI is InChI=1S/C24H20N2O4/c27-20-15-21(28)30-23-18-13-7-8-14-19(18)26(24(29)22(20)23)25(16-9-3-1-4-10-16)17-11-5-2-6-12-17/h1-6,9-12,15,27H,7-8,13-14H2. The number of pyridine rings is 1. The molecule has 4 aromatic rings. The maximum Gasteiger partial charge on any atom is 0.339 e. The Morgan fingerprint density at radius 2 is 1.47 bits per heavy atom. The predicted octanol–water partition coefficient (Wildman–Crippen LogP) is 4.14. The molecule has 0 saturated carbocycles. The van der Waals surface area contributed by atoms with E-state index in [1.807, 2.05) is 65.7 Å². The number of rotatable bonds is 3. The van der Waals surface area contributed by atoms with Crippen LogP contribution in [0.5, 0.6) is 5.75 Å². The maximum absolute atomic E-state index is 13.7. The van der Waals surface area contributed by atoms with Crippen LogP contribution >= 0.6 is 0 Å². The summed E-state index contributed by atoms with van der Waals surface area (Å²) in [4.78, 5) is 25.6. The number of hydrogen-bond acceptors (Lipinski definition) is 5. The minimum absolute atomic E-state index is 0.0344. The van der Waals surface area contributed by atoms with Crippen molar-refractivity contribution in [3.63, 3.8) is 0 Å². The summed E-state index contributed by atoms with van der Waals surface area (Å²) < 4.78 is 7.05. The van der Waals surface area contributed by atoms with Gasteiger partial charge >= 0.3 is 5.63 Å². The van der Waals surface area contributed by atoms with Crippen LogP contribution in [0.2, 0.25) is 0 Å². The van der Waals surface area contributed by atoms with Crippen molar-refractivity contribution in [2.45, 2.75) is 25.7 Å². The fraction of sp³-hybridized carbons (Fsp3) is 0.167. The first kappa shape index (κ1) is 18.2. The second kappa shape index (κ2) is 7.22. The largest absolute Gasteiger partial charge is 0.507 e. The summed E-state index contributed by atoms with van der Waals surface area (Å²) >= 11 is 0. The smallest absolute Gasteiger partial charge is 0.339 e. The molecule has 1 aliphatic carbocycles. The molecule has 0 radical (unpaired) electrons. The molecule has 150 valence electrons. The van der Waals surface area contributed by atoms with Gasteiger partial charge in [-0.05, 0) is 49.9 Å². The van der Waals surface area contributed by atoms with Crippen molar-refractivity contribution in [2.24, 2.45) is 0 Å². The van der Waals surface area contributed by atoms with Gasteiger partial charge in [0.2, 0.25) is 0 Å². The van der Waals surface area contributed by atoms with Gasteiger partial charge in [0.05, 0.1) is 23.1 Å². The van der Waals surface area contributed by atoms with Crippen molar-refractivity contribution in [3.8, 4) is 5.75 Å². The quantitative estimate of drug-likeness (QED) is 0.559. The third kappa shape index (κ3) is 2.88. The molecule has 2 heterocycles. The first-order valence-corrected chi connectivity index (χ1v) is 9.99. The third-order valence-electron chi connectivity index (χ3n) is 5.52. The number of para-hydroxylation sites is 2. The minimum Gasteiger partial charge on any atom is -0.507 e. The summed E-state index contributed by atoms with van der Waals surface area (Å²) in [7, 11) is 0. The molecule has 30 heavy (non-hydrogen) atoms. The number of fused-ring (bicyclic) bond motifs is 3. The molecule has 2 aromatic heterocycles. The fourth-order valence-electron chi connectivity index (χ4n) is 4.23. The summed E-state index contributed by atoms with van der Waals surface area (Å²) in [5.41, 5.74) is 2.37. The summed E-state index contributed by atoms with van der Waals surface area (Å²) in [6.07, 6.45) is 3.21. The Morgan fingerprint density at radius 1 is 0.867 bits per heavy atom. The molecule has 0 fully saturated rings. The number of nitrogens with zero attached hydrogens (tertiary/aromatic N) is 2. The molecule has 0 unspecified atom stereocenters. The lowest BCUT2D eigenvalue weighted by atomic mass is 9.94. The number of hydrogen-bond donors (Lipinski definition) is 1. The first-order chi connectivity index (χ1) is 14.6. The number of aromatic nitrogens is 1. The molecular weight excluding hydrogens is 380 g/mol. The Labute approximate surface area is 172 Å². The SMILES string of the molecule is O=c1cc(O)c2c(=O)n(N(c3ccccc3)c3ccccc3)c3c(c2o1)CCCC3. The van der Waals surface area contributed by atoms with E-state index in [1.165, 1.54) is 0 Å². The monoisotopic (exact) mass is 400 g/mol. The zero-order chi connectivity index (χ0) is 20.7. The maximum atomic E-state index is 13.7. The van der Waals surface area contributed by atoms with E-state index in [-0.39, 0.29) is 16.7 Å². The van der Waals surface area contributed by atoms with Gasteiger partial charge in [-0.25, -0.2) is 14.5 Å². The van der Waals surface area contributed by atoms with Crippen LogP contribution in [0, 0.1) is 0 Å². The Morgan fingerprint density at radius 3 is 2.10 bits per heavy atom. The highest BCUT2D eigenvalue weighted by molar-refractivity contribution is 5.86. The van der Waals surface area contributed by atoms with Gasteiger partial charge in [-0.1, -0.05) is 36.4 Å². The second-order valence-electron chi connectivity index (χ2n) is 7.39. The summed E-state index contributed by atoms with van der Waals surface area (Å²) in [6, 6.07) is 20.2. The lowest BCUT2D eigenvalue weighted by Crippen LogP contribution is -2.39. The van der Waals surface area contributed by atoms with Crippen LogP contribution in [0.1, 0.15) is 24.1 Å². The van der Waals surface area contributed by atoms with Gasteiger partial charge in [-0.2, -0.15) is 0 Å². The lowest BCUT2D eigenvalue weighted by Gasteiger charge is -2.32. The van der Waals surface area contributed by atoms with Crippen LogP contribution in [0.3, 0.4) is 0 Å². The number of aryl methyl sites for hydroxylation is 1. The van der Waals surface area contributed by atoms with E-state index in [1.54, 1.807) is 4.68 Å². The highest BCUT2D eigenvalue weighted by Gasteiger charge is 2.27. The zero-order valence-electron chi connectivity index (χ0n) is 16.2. The Balaban J connectivity index is 1.92. The molecule has 0 bridgehead atoms. The van der Waals surface area contributed by atoms with Gasteiger partial charge < -0.3 is 9.52 Å². The molecular formula is C24H20N2O4. The van der Waals surface area contributed by atoms with Gasteiger partial charge in [-0.3, -0.25) is 4.79 Å². The molecule has 6 heteroatoms. The molecule has 0 amide bonds. The predicted molar refractivity (Wildman–Crippen MR) is 115 cm³/mol. The molecule has 0 atom stereocenters. The van der Waals surface area contributed by atoms with E-state index in [9.17, 15) is 14.7 Å². The molecule has 0 aliphatic heterocycles. The van der Waals surface area contributed by atoms with Crippen molar-refractivity contribution in [1.82, 2.24) is 4.68 Å². The van der Waals surface area contributed by atoms with Crippen molar-refractivity contribution in [2.75, 3.05) is 5.01 Å². The zero-order valence-corrected chi connectivity index (χ0v) is 16.2. The van der Waals surface area contributed by atoms with E-state index in [0.717, 1.165) is 41.5 Å². The summed E-state index contributed by atoms with van der Waals surface area (Å²) in [5, 5.41) is 12.4. The van der Waals surface area contributed by atoms with Crippen LogP contribution in [0.15, 0.2) is 80.7 Å². The fourth-order valence-corrected chi connectivity index (χ4v) is 4.23. The average Bonchev–Trinajstić information content (AvgIpc) is 2.77. The number of benzene rings is 2. The average molecular weight is 400 g/mol. The van der Waals surface area contributed by atoms with Gasteiger partial charge in [0.25, 0.3) is 5.56 Å². The van der Waals surface area contributed by atoms with E-state index < -0.39 is 11.2 Å². The van der Waals surface area contributed by atoms with Gasteiger partial charge in [0.15, 0.2) is 5.58 Å². The van der Waals surface area contributed by atoms with E-state index >= 15 is 0 Å². The summed E-state index contributed by atoms with van der Waals surface area (Å²) in [6.45, 7) is 0. The van der Waals surface area contributed by atoms with Crippen LogP contribution in [0.25, 0.3) is 11.0 Å². The van der Waals surface area contributed by atoms with E-state index in [4.69, 9.17) is 4.42 Å². The van der Waals surface area contributed by atoms with Crippen molar-refractivity contribution in [3.05, 3.63) is 98.8 Å². The van der Waals surface area contributed by atoms with Crippen LogP contribution < -0.4 is 16.2 Å². The van der Waals surface area contributed by atoms with Crippen LogP contribution in [-0.2, 0) is 12.8 Å². The highest BCUT2D eigenvalue weighted by atomic mass is 16.4. The normalized spacial score (nSPS) is 13.2. The third-order valence-corrected chi connectivity index (χ3v) is 5.52. The molecule has 5 rings (SSSR count). The molecule has 1 N–H and O–H groups in total. The Bertz CT molecular complexity index is 1300. The molecule has 0 saturated heterocycles. The second-order valence-corrected chi connectivity index (χ2v) is 7.39. The molecule has 0 spiro atoms. The van der Waals surface area contributed by atoms with Crippen LogP contribution in [0.4, 0.5) is 11.4 Å². The van der Waals surface area contributed by atoms with Crippen molar-refractivity contribution in [1.29, 1.82) is 0 Å². The topological polar surface area (TPSA) is 75.7 Å². The molecule has 1 aliphatic rings. The van der Waals surface area contributed by atoms with Gasteiger partial charge in [0, 0.05) is 5.56 Å². The van der Waals surface area contributed by atoms with Crippen LogP contribution in [-0.4, -0.2) is 9.78 Å². The Hall–Kier alpha value is -3.80. The Kier molecular flexibility index (Phi) is 4.39. The van der Waals surface area contributed by atoms with Gasteiger partial charge in [-0.15, -0.1) is 0 Å². The lowest BCUT2D eigenvalue weighted by molar-refractivity contribution is 0.464. The van der Waals surface area contributed by atoms with E-state index in [2.05, 4.69) is 0 Å². The number of aromatic hydroxyl groups is 1. The van der Waals surface area contributed by atoms with Crippen molar-refractivity contribution >= 4 is 22.3 Å².